The molecule has 7 aromatic rings. The number of benzene rings is 7. The normalized spacial score (nSPS) is 11.6. The molecule has 0 fully saturated rings. The van der Waals surface area contributed by atoms with Crippen LogP contribution in [0, 0.1) is 116 Å². The van der Waals surface area contributed by atoms with Gasteiger partial charge in [0.15, 0.2) is 84.5 Å². The van der Waals surface area contributed by atoms with Crippen LogP contribution in [0.2, 0.25) is 0 Å². The van der Waals surface area contributed by atoms with Gasteiger partial charge in [0, 0.05) is 0 Å². The first-order valence-electron chi connectivity index (χ1n) is 17.4. The predicted octanol–water partition coefficient (Wildman–Crippen LogP) is 10.3. The summed E-state index contributed by atoms with van der Waals surface area (Å²) in [6.07, 6.45) is -7.22. The molecule has 0 aromatic heterocycles. The van der Waals surface area contributed by atoms with Crippen molar-refractivity contribution in [2.75, 3.05) is 0 Å². The Bertz CT molecular complexity index is 2570. The monoisotopic (exact) mass is 958 g/mol. The Morgan fingerprint density at radius 1 is 0.246 bits per heavy atom. The average Bonchev–Trinajstić information content (AvgIpc) is 3.30. The third-order valence-corrected chi connectivity index (χ3v) is 12.0. The van der Waals surface area contributed by atoms with Crippen LogP contribution in [-0.2, 0) is 10.9 Å². The van der Waals surface area contributed by atoms with Crippen molar-refractivity contribution >= 4 is 38.9 Å². The molecule has 7 rings (SSSR count). The van der Waals surface area contributed by atoms with Crippen molar-refractivity contribution in [3.8, 4) is 5.75 Å². The highest BCUT2D eigenvalue weighted by atomic mass is 32.2. The van der Waals surface area contributed by atoms with Gasteiger partial charge in [-0.2, -0.15) is 0 Å². The van der Waals surface area contributed by atoms with E-state index < -0.39 is 144 Å². The van der Waals surface area contributed by atoms with E-state index in [1.54, 1.807) is 12.1 Å². The molecule has 7 aromatic carbocycles. The summed E-state index contributed by atoms with van der Waals surface area (Å²) in [5.41, 5.74) is -14.3. The molecule has 0 unspecified atom stereocenters. The summed E-state index contributed by atoms with van der Waals surface area (Å²) in [5, 5.41) is 9.48. The molecule has 1 nitrogen and oxygen atoms in total. The van der Waals surface area contributed by atoms with Crippen LogP contribution in [0.4, 0.5) is 87.8 Å². The van der Waals surface area contributed by atoms with Crippen LogP contribution in [0.15, 0.2) is 99.6 Å². The van der Waals surface area contributed by atoms with Crippen LogP contribution in [0.25, 0.3) is 0 Å². The van der Waals surface area contributed by atoms with Crippen molar-refractivity contribution in [2.24, 2.45) is 0 Å². The second-order valence-electron chi connectivity index (χ2n) is 13.2. The standard InChI is InChI=1S/C24BF20.C18H14OS/c26-5-1(6(27)14(35)21(42)13(5)34)25(2-7(28)15(36)22(43)16(37)8(2)29,3-9(30)17(38)23(44)18(39)10(3)31)4-11(32)19(40)24(45)20(41)12(4)33;19-15-11-13-18(14-12-15)20(16-7-3-1-4-8-16)17-9-5-2-6-10-17/h;1-14H/q-1;/p+1. The lowest BCUT2D eigenvalue weighted by atomic mass is 9.12. The topological polar surface area (TPSA) is 20.2 Å². The zero-order valence-electron chi connectivity index (χ0n) is 31.1. The van der Waals surface area contributed by atoms with Gasteiger partial charge in [-0.3, -0.25) is 0 Å². The van der Waals surface area contributed by atoms with Crippen LogP contribution in [0.3, 0.4) is 0 Å². The Morgan fingerprint density at radius 2 is 0.431 bits per heavy atom. The van der Waals surface area contributed by atoms with Gasteiger partial charge < -0.3 is 5.11 Å². The smallest absolute Gasteiger partial charge is 0.200 e. The molecule has 0 bridgehead atoms. The first-order chi connectivity index (χ1) is 30.5. The maximum absolute atomic E-state index is 15.4. The molecule has 0 atom stereocenters. The fourth-order valence-corrected chi connectivity index (χ4v) is 9.06. The zero-order valence-corrected chi connectivity index (χ0v) is 31.9. The lowest BCUT2D eigenvalue weighted by Crippen LogP contribution is -2.81. The van der Waals surface area contributed by atoms with E-state index in [0.29, 0.717) is 5.75 Å². The van der Waals surface area contributed by atoms with Gasteiger partial charge in [0.1, 0.15) is 58.4 Å². The molecule has 0 saturated heterocycles. The van der Waals surface area contributed by atoms with Gasteiger partial charge in [-0.1, -0.05) is 36.4 Å². The summed E-state index contributed by atoms with van der Waals surface area (Å²) >= 11 is 0. The highest BCUT2D eigenvalue weighted by molar-refractivity contribution is 7.97. The van der Waals surface area contributed by atoms with Gasteiger partial charge in [-0.15, -0.1) is 21.9 Å². The molecule has 0 radical (unpaired) electrons. The molecule has 0 saturated carbocycles. The van der Waals surface area contributed by atoms with E-state index in [-0.39, 0.29) is 10.9 Å². The largest absolute Gasteiger partial charge is 0.508 e. The lowest BCUT2D eigenvalue weighted by molar-refractivity contribution is 0.378. The maximum atomic E-state index is 15.4. The van der Waals surface area contributed by atoms with Crippen molar-refractivity contribution in [1.29, 1.82) is 0 Å². The number of phenolic OH excluding ortho intramolecular Hbond substituents is 1. The molecule has 0 spiro atoms. The van der Waals surface area contributed by atoms with Crippen molar-refractivity contribution in [2.45, 2.75) is 14.7 Å². The van der Waals surface area contributed by atoms with Crippen LogP contribution in [0.5, 0.6) is 5.75 Å². The van der Waals surface area contributed by atoms with Crippen molar-refractivity contribution < 1.29 is 92.9 Å². The fraction of sp³-hybridized carbons (Fsp3) is 0. The summed E-state index contributed by atoms with van der Waals surface area (Å²) < 4.78 is 294. The Morgan fingerprint density at radius 3 is 0.646 bits per heavy atom. The molecule has 0 aliphatic rings. The molecule has 0 amide bonds. The molecule has 338 valence electrons. The predicted molar refractivity (Wildman–Crippen MR) is 192 cm³/mol. The summed E-state index contributed by atoms with van der Waals surface area (Å²) in [6, 6.07) is 28.5. The second kappa shape index (κ2) is 18.1. The van der Waals surface area contributed by atoms with Crippen molar-refractivity contribution in [3.63, 3.8) is 0 Å². The third kappa shape index (κ3) is 7.67. The van der Waals surface area contributed by atoms with E-state index in [0.717, 1.165) is 0 Å². The van der Waals surface area contributed by atoms with Crippen molar-refractivity contribution in [1.82, 2.24) is 0 Å². The average molecular weight is 958 g/mol. The number of halogens is 20. The number of hydrogen-bond acceptors (Lipinski definition) is 1. The van der Waals surface area contributed by atoms with Crippen molar-refractivity contribution in [3.05, 3.63) is 201 Å². The molecule has 23 heteroatoms. The lowest BCUT2D eigenvalue weighted by Gasteiger charge is -2.44. The van der Waals surface area contributed by atoms with E-state index in [4.69, 9.17) is 0 Å². The number of rotatable bonds is 7. The maximum Gasteiger partial charge on any atom is 0.200 e. The minimum absolute atomic E-state index is 0.134. The summed E-state index contributed by atoms with van der Waals surface area (Å²) in [7, 11) is -0.134. The number of hydrogen-bond donors (Lipinski definition) is 1. The van der Waals surface area contributed by atoms with Gasteiger partial charge in [-0.25, -0.2) is 87.8 Å². The van der Waals surface area contributed by atoms with Gasteiger partial charge in [0.25, 0.3) is 0 Å². The van der Waals surface area contributed by atoms with Gasteiger partial charge in [0.05, 0.1) is 10.9 Å². The van der Waals surface area contributed by atoms with Crippen LogP contribution >= 0.6 is 0 Å². The number of phenols is 1. The SMILES string of the molecule is Fc1c(F)c(F)c([B-](c2c(F)c(F)c(F)c(F)c2F)(c2c(F)c(F)c(F)c(F)c2F)c2c(F)c(F)c(F)c(F)c2F)c(F)c1F.Oc1ccc([S+](c2ccccc2)c2ccccc2)cc1. The van der Waals surface area contributed by atoms with Gasteiger partial charge in [-0.05, 0) is 48.5 Å². The third-order valence-electron chi connectivity index (χ3n) is 9.74. The number of aromatic hydroxyl groups is 1. The van der Waals surface area contributed by atoms with Crippen LogP contribution in [0.1, 0.15) is 0 Å². The molecule has 0 aliphatic carbocycles. The van der Waals surface area contributed by atoms with E-state index >= 15 is 35.1 Å². The van der Waals surface area contributed by atoms with Crippen LogP contribution < -0.4 is 21.9 Å². The highest BCUT2D eigenvalue weighted by Gasteiger charge is 2.52. The quantitative estimate of drug-likeness (QED) is 0.0555. The Balaban J connectivity index is 0.000000289. The van der Waals surface area contributed by atoms with E-state index in [2.05, 4.69) is 48.5 Å². The summed E-state index contributed by atoms with van der Waals surface area (Å²) in [5.74, 6) is -71.1. The Labute approximate surface area is 353 Å². The highest BCUT2D eigenvalue weighted by Crippen LogP contribution is 2.33. The Hall–Kier alpha value is -6.65. The second-order valence-corrected chi connectivity index (χ2v) is 15.3. The first-order valence-corrected chi connectivity index (χ1v) is 18.6. The molecule has 65 heavy (non-hydrogen) atoms. The molecular formula is C42H15BF20OS. The fourth-order valence-electron chi connectivity index (χ4n) is 6.98. The molecular weight excluding hydrogens is 943 g/mol. The molecule has 1 N–H and O–H groups in total. The first kappa shape index (κ1) is 47.8. The summed E-state index contributed by atoms with van der Waals surface area (Å²) in [4.78, 5) is 3.77. The van der Waals surface area contributed by atoms with Gasteiger partial charge in [0.2, 0.25) is 0 Å². The van der Waals surface area contributed by atoms with E-state index in [1.807, 2.05) is 24.3 Å². The van der Waals surface area contributed by atoms with E-state index in [1.165, 1.54) is 14.7 Å². The minimum atomic E-state index is -7.22. The van der Waals surface area contributed by atoms with E-state index in [9.17, 15) is 57.8 Å². The molecule has 0 heterocycles. The zero-order chi connectivity index (χ0) is 48.1. The summed E-state index contributed by atoms with van der Waals surface area (Å²) in [6.45, 7) is 0. The van der Waals surface area contributed by atoms with Crippen LogP contribution in [-0.4, -0.2) is 11.3 Å². The van der Waals surface area contributed by atoms with Gasteiger partial charge >= 0.3 is 0 Å². The minimum Gasteiger partial charge on any atom is -0.508 e. The molecule has 0 aliphatic heterocycles. The Kier molecular flexibility index (Phi) is 13.3.